The van der Waals surface area contributed by atoms with E-state index in [0.29, 0.717) is 21.5 Å². The van der Waals surface area contributed by atoms with E-state index >= 15 is 0 Å². The van der Waals surface area contributed by atoms with Crippen molar-refractivity contribution in [2.45, 2.75) is 80.1 Å². The molecule has 48 heavy (non-hydrogen) atoms. The number of nitrogens with zero attached hydrogens (tertiary/aromatic N) is 2. The van der Waals surface area contributed by atoms with Crippen molar-refractivity contribution in [1.29, 1.82) is 0 Å². The van der Waals surface area contributed by atoms with Crippen molar-refractivity contribution < 1.29 is 0 Å². The first kappa shape index (κ1) is 31.6. The number of aryl methyl sites for hydroxylation is 4. The molecular weight excluding hydrogens is 588 g/mol. The molecule has 0 N–H and O–H groups in total. The third-order valence-electron chi connectivity index (χ3n) is 9.71. The molecular formula is C44H44N2O2. The second kappa shape index (κ2) is 10.8. The largest absolute Gasteiger partial charge is 0.309 e. The summed E-state index contributed by atoms with van der Waals surface area (Å²) in [5, 5.41) is 2.48. The van der Waals surface area contributed by atoms with Crippen molar-refractivity contribution in [1.82, 2.24) is 9.13 Å². The van der Waals surface area contributed by atoms with Gasteiger partial charge in [-0.3, -0.25) is 9.59 Å². The molecule has 0 aliphatic heterocycles. The van der Waals surface area contributed by atoms with E-state index in [2.05, 4.69) is 139 Å². The van der Waals surface area contributed by atoms with E-state index in [4.69, 9.17) is 0 Å². The van der Waals surface area contributed by atoms with Gasteiger partial charge in [-0.25, -0.2) is 0 Å². The first-order valence-electron chi connectivity index (χ1n) is 16.8. The summed E-state index contributed by atoms with van der Waals surface area (Å²) in [5.41, 5.74) is 11.6. The van der Waals surface area contributed by atoms with E-state index in [1.54, 1.807) is 0 Å². The molecule has 7 aromatic rings. The van der Waals surface area contributed by atoms with Crippen LogP contribution in [0.1, 0.15) is 74.9 Å². The molecule has 0 unspecified atom stereocenters. The molecule has 242 valence electrons. The zero-order chi connectivity index (χ0) is 34.4. The van der Waals surface area contributed by atoms with Crippen LogP contribution in [-0.2, 0) is 10.8 Å². The quantitative estimate of drug-likeness (QED) is 0.178. The lowest BCUT2D eigenvalue weighted by atomic mass is 9.86. The summed E-state index contributed by atoms with van der Waals surface area (Å²) >= 11 is 0. The molecule has 4 heteroatoms. The number of aromatic nitrogens is 2. The predicted octanol–water partition coefficient (Wildman–Crippen LogP) is 10.4. The van der Waals surface area contributed by atoms with Crippen LogP contribution < -0.4 is 10.9 Å². The van der Waals surface area contributed by atoms with Gasteiger partial charge in [0, 0.05) is 32.9 Å². The maximum Gasteiger partial charge on any atom is 0.197 e. The Hall–Kier alpha value is -4.96. The Kier molecular flexibility index (Phi) is 7.10. The minimum atomic E-state index is -0.111. The Morgan fingerprint density at radius 1 is 0.396 bits per heavy atom. The van der Waals surface area contributed by atoms with Gasteiger partial charge in [-0.2, -0.15) is 0 Å². The van der Waals surface area contributed by atoms with E-state index in [1.165, 1.54) is 0 Å². The monoisotopic (exact) mass is 632 g/mol. The van der Waals surface area contributed by atoms with Crippen LogP contribution >= 0.6 is 0 Å². The fourth-order valence-electron chi connectivity index (χ4n) is 7.33. The topological polar surface area (TPSA) is 44.0 Å². The molecule has 0 amide bonds. The maximum atomic E-state index is 14.6. The molecule has 0 radical (unpaired) electrons. The fourth-order valence-corrected chi connectivity index (χ4v) is 7.33. The lowest BCUT2D eigenvalue weighted by molar-refractivity contribution is 0.590. The summed E-state index contributed by atoms with van der Waals surface area (Å²) in [4.78, 5) is 29.2. The van der Waals surface area contributed by atoms with Gasteiger partial charge in [-0.1, -0.05) is 65.8 Å². The van der Waals surface area contributed by atoms with Crippen LogP contribution in [0.15, 0.2) is 94.5 Å². The van der Waals surface area contributed by atoms with E-state index in [0.717, 1.165) is 66.8 Å². The SMILES string of the molecule is Cc1cc(C)cc(-n2c3cc(C(C)(C)C)ccc3c(=O)c3cc4c(cc32)c(=O)c2ccc(C(C)(C)C)cc2n4-c2cc(C)cc(C)c2)c1. The smallest absolute Gasteiger partial charge is 0.197 e. The molecule has 4 nitrogen and oxygen atoms in total. The van der Waals surface area contributed by atoms with Crippen LogP contribution in [-0.4, -0.2) is 9.13 Å². The van der Waals surface area contributed by atoms with Crippen molar-refractivity contribution in [3.63, 3.8) is 0 Å². The Morgan fingerprint density at radius 2 is 0.708 bits per heavy atom. The lowest BCUT2D eigenvalue weighted by Crippen LogP contribution is -2.17. The number of hydrogen-bond donors (Lipinski definition) is 0. The van der Waals surface area contributed by atoms with Gasteiger partial charge in [-0.05, 0) is 133 Å². The molecule has 5 aromatic carbocycles. The van der Waals surface area contributed by atoms with Gasteiger partial charge in [0.2, 0.25) is 0 Å². The first-order valence-corrected chi connectivity index (χ1v) is 16.8. The van der Waals surface area contributed by atoms with Gasteiger partial charge >= 0.3 is 0 Å². The van der Waals surface area contributed by atoms with Crippen molar-refractivity contribution in [3.8, 4) is 11.4 Å². The van der Waals surface area contributed by atoms with Gasteiger partial charge in [0.15, 0.2) is 10.9 Å². The van der Waals surface area contributed by atoms with Crippen LogP contribution in [0.3, 0.4) is 0 Å². The number of fused-ring (bicyclic) bond motifs is 4. The summed E-state index contributed by atoms with van der Waals surface area (Å²) < 4.78 is 4.38. The summed E-state index contributed by atoms with van der Waals surface area (Å²) in [5.74, 6) is 0. The van der Waals surface area contributed by atoms with Crippen molar-refractivity contribution in [2.75, 3.05) is 0 Å². The summed E-state index contributed by atoms with van der Waals surface area (Å²) in [7, 11) is 0. The van der Waals surface area contributed by atoms with E-state index in [9.17, 15) is 9.59 Å². The highest BCUT2D eigenvalue weighted by molar-refractivity contribution is 6.05. The molecule has 0 spiro atoms. The Bertz CT molecular complexity index is 2380. The molecule has 0 atom stereocenters. The lowest BCUT2D eigenvalue weighted by Gasteiger charge is -2.24. The normalized spacial score (nSPS) is 12.5. The molecule has 7 rings (SSSR count). The average molecular weight is 633 g/mol. The second-order valence-electron chi connectivity index (χ2n) is 15.9. The van der Waals surface area contributed by atoms with Crippen molar-refractivity contribution in [3.05, 3.63) is 139 Å². The highest BCUT2D eigenvalue weighted by Gasteiger charge is 2.22. The van der Waals surface area contributed by atoms with E-state index in [1.807, 2.05) is 24.3 Å². The molecule has 0 saturated carbocycles. The zero-order valence-corrected chi connectivity index (χ0v) is 29.8. The molecule has 2 aromatic heterocycles. The summed E-state index contributed by atoms with van der Waals surface area (Å²) in [6, 6.07) is 29.3. The van der Waals surface area contributed by atoms with E-state index in [-0.39, 0.29) is 21.7 Å². The summed E-state index contributed by atoms with van der Waals surface area (Å²) in [6.45, 7) is 21.5. The summed E-state index contributed by atoms with van der Waals surface area (Å²) in [6.07, 6.45) is 0. The van der Waals surface area contributed by atoms with Gasteiger partial charge in [0.1, 0.15) is 0 Å². The minimum absolute atomic E-state index is 0.0362. The van der Waals surface area contributed by atoms with Crippen molar-refractivity contribution in [2.24, 2.45) is 0 Å². The predicted molar refractivity (Wildman–Crippen MR) is 204 cm³/mol. The van der Waals surface area contributed by atoms with Crippen LogP contribution in [0, 0.1) is 27.7 Å². The Balaban J connectivity index is 1.75. The second-order valence-corrected chi connectivity index (χ2v) is 15.9. The van der Waals surface area contributed by atoms with Crippen LogP contribution in [0.5, 0.6) is 0 Å². The molecule has 0 aliphatic rings. The zero-order valence-electron chi connectivity index (χ0n) is 29.8. The third-order valence-corrected chi connectivity index (χ3v) is 9.71. The van der Waals surface area contributed by atoms with Gasteiger partial charge in [0.05, 0.1) is 22.1 Å². The average Bonchev–Trinajstić information content (AvgIpc) is 2.98. The minimum Gasteiger partial charge on any atom is -0.309 e. The fraction of sp³-hybridized carbons (Fsp3) is 0.273. The van der Waals surface area contributed by atoms with Gasteiger partial charge in [0.25, 0.3) is 0 Å². The van der Waals surface area contributed by atoms with Crippen LogP contribution in [0.4, 0.5) is 0 Å². The van der Waals surface area contributed by atoms with Crippen LogP contribution in [0.25, 0.3) is 55.0 Å². The third kappa shape index (κ3) is 5.15. The molecule has 0 bridgehead atoms. The van der Waals surface area contributed by atoms with Gasteiger partial charge in [-0.15, -0.1) is 0 Å². The molecule has 0 aliphatic carbocycles. The highest BCUT2D eigenvalue weighted by atomic mass is 16.1. The molecule has 0 fully saturated rings. The number of rotatable bonds is 2. The Labute approximate surface area is 282 Å². The molecule has 2 heterocycles. The van der Waals surface area contributed by atoms with E-state index < -0.39 is 0 Å². The highest BCUT2D eigenvalue weighted by Crippen LogP contribution is 2.34. The standard InChI is InChI=1S/C44H44N2O2/c1-25-15-26(2)18-31(17-25)45-37-21-29(43(5,6)7)11-13-33(37)41(47)35-24-40-36(23-39(35)45)42(48)34-14-12-30(44(8,9)10)22-38(34)46(40)32-19-27(3)16-28(4)20-32/h11-24H,1-10H3. The number of pyridine rings is 2. The van der Waals surface area contributed by atoms with Crippen molar-refractivity contribution >= 4 is 43.6 Å². The number of hydrogen-bond acceptors (Lipinski definition) is 2. The molecule has 0 saturated heterocycles. The first-order chi connectivity index (χ1) is 22.5. The Morgan fingerprint density at radius 3 is 1.02 bits per heavy atom. The van der Waals surface area contributed by atoms with Crippen LogP contribution in [0.2, 0.25) is 0 Å². The number of benzene rings is 5. The maximum absolute atomic E-state index is 14.6. The van der Waals surface area contributed by atoms with Gasteiger partial charge < -0.3 is 9.13 Å².